The van der Waals surface area contributed by atoms with Crippen molar-refractivity contribution in [2.45, 2.75) is 32.6 Å². The normalized spacial score (nSPS) is 20.2. The number of nitrogens with zero attached hydrogens (tertiary/aromatic N) is 4. The molecule has 0 atom stereocenters. The molecule has 4 rings (SSSR count). The lowest BCUT2D eigenvalue weighted by Gasteiger charge is -2.46. The molecule has 0 saturated carbocycles. The minimum absolute atomic E-state index is 0.0913. The molecule has 0 bridgehead atoms. The second kappa shape index (κ2) is 6.07. The number of piperidine rings is 2. The first kappa shape index (κ1) is 17.0. The van der Waals surface area contributed by atoms with Gasteiger partial charge in [-0.2, -0.15) is 4.39 Å². The van der Waals surface area contributed by atoms with Crippen molar-refractivity contribution in [2.75, 3.05) is 26.7 Å². The highest BCUT2D eigenvalue weighted by atomic mass is 19.1. The zero-order chi connectivity index (χ0) is 18.5. The predicted molar refractivity (Wildman–Crippen MR) is 94.3 cm³/mol. The second-order valence-corrected chi connectivity index (χ2v) is 7.73. The van der Waals surface area contributed by atoms with Gasteiger partial charge in [-0.05, 0) is 49.3 Å². The van der Waals surface area contributed by atoms with Gasteiger partial charge in [0.2, 0.25) is 11.9 Å². The molecule has 2 aromatic heterocycles. The number of aromatic nitrogens is 2. The van der Waals surface area contributed by atoms with Crippen molar-refractivity contribution >= 4 is 17.5 Å². The average molecular weight is 358 g/mol. The second-order valence-electron chi connectivity index (χ2n) is 7.73. The standard InChI is InChI=1S/C19H23FN4O2/c1-13-4-8-24-14(11-13)21-16(17(24)20)18(26)23-9-6-19(7-10-23)5-3-15(25)22(2)12-19/h4,8,11H,3,5-7,9-10,12H2,1-2H3. The smallest absolute Gasteiger partial charge is 0.277 e. The van der Waals surface area contributed by atoms with E-state index in [9.17, 15) is 14.0 Å². The van der Waals surface area contributed by atoms with E-state index in [1.165, 1.54) is 4.40 Å². The molecule has 0 unspecified atom stereocenters. The van der Waals surface area contributed by atoms with E-state index in [0.717, 1.165) is 31.4 Å². The van der Waals surface area contributed by atoms with Crippen LogP contribution in [0, 0.1) is 18.3 Å². The fourth-order valence-electron chi connectivity index (χ4n) is 4.23. The minimum atomic E-state index is -0.603. The lowest BCUT2D eigenvalue weighted by molar-refractivity contribution is -0.137. The van der Waals surface area contributed by atoms with Crippen LogP contribution in [0.15, 0.2) is 18.3 Å². The van der Waals surface area contributed by atoms with Gasteiger partial charge in [0.05, 0.1) is 0 Å². The lowest BCUT2D eigenvalue weighted by atomic mass is 9.72. The molecule has 1 spiro atoms. The van der Waals surface area contributed by atoms with E-state index in [1.54, 1.807) is 28.1 Å². The van der Waals surface area contributed by atoms with E-state index in [-0.39, 0.29) is 22.9 Å². The van der Waals surface area contributed by atoms with Crippen LogP contribution >= 0.6 is 0 Å². The Morgan fingerprint density at radius 3 is 2.69 bits per heavy atom. The number of carbonyl (C=O) groups is 2. The zero-order valence-corrected chi connectivity index (χ0v) is 15.2. The van der Waals surface area contributed by atoms with Crippen molar-refractivity contribution in [2.24, 2.45) is 5.41 Å². The van der Waals surface area contributed by atoms with Crippen LogP contribution in [0.25, 0.3) is 5.65 Å². The van der Waals surface area contributed by atoms with Gasteiger partial charge in [-0.3, -0.25) is 14.0 Å². The number of likely N-dealkylation sites (tertiary alicyclic amines) is 2. The summed E-state index contributed by atoms with van der Waals surface area (Å²) in [6, 6.07) is 3.55. The molecule has 0 radical (unpaired) electrons. The van der Waals surface area contributed by atoms with Crippen LogP contribution in [0.3, 0.4) is 0 Å². The molecule has 0 aromatic carbocycles. The number of hydrogen-bond acceptors (Lipinski definition) is 3. The Morgan fingerprint density at radius 1 is 1.27 bits per heavy atom. The lowest BCUT2D eigenvalue weighted by Crippen LogP contribution is -2.51. The zero-order valence-electron chi connectivity index (χ0n) is 15.2. The molecule has 2 saturated heterocycles. The van der Waals surface area contributed by atoms with Gasteiger partial charge in [-0.25, -0.2) is 4.98 Å². The fourth-order valence-corrected chi connectivity index (χ4v) is 4.23. The highest BCUT2D eigenvalue weighted by Crippen LogP contribution is 2.40. The molecule has 0 aliphatic carbocycles. The number of halogens is 1. The largest absolute Gasteiger partial charge is 0.345 e. The summed E-state index contributed by atoms with van der Waals surface area (Å²) in [5.74, 6) is -0.761. The molecular weight excluding hydrogens is 335 g/mol. The van der Waals surface area contributed by atoms with Gasteiger partial charge in [0.15, 0.2) is 5.69 Å². The third-order valence-electron chi connectivity index (χ3n) is 5.90. The van der Waals surface area contributed by atoms with Crippen LogP contribution in [-0.4, -0.2) is 57.7 Å². The van der Waals surface area contributed by atoms with Gasteiger partial charge in [0, 0.05) is 39.3 Å². The number of imidazole rings is 1. The van der Waals surface area contributed by atoms with Crippen molar-refractivity contribution < 1.29 is 14.0 Å². The number of aryl methyl sites for hydroxylation is 1. The quantitative estimate of drug-likeness (QED) is 0.786. The number of rotatable bonds is 1. The van der Waals surface area contributed by atoms with E-state index in [1.807, 2.05) is 14.0 Å². The molecule has 26 heavy (non-hydrogen) atoms. The summed E-state index contributed by atoms with van der Waals surface area (Å²) in [6.07, 6.45) is 4.73. The monoisotopic (exact) mass is 358 g/mol. The molecule has 2 aliphatic rings. The van der Waals surface area contributed by atoms with Crippen LogP contribution in [0.1, 0.15) is 41.7 Å². The van der Waals surface area contributed by atoms with Gasteiger partial charge in [-0.1, -0.05) is 0 Å². The summed E-state index contributed by atoms with van der Waals surface area (Å²) in [5.41, 5.74) is 1.40. The Bertz CT molecular complexity index is 883. The Balaban J connectivity index is 1.51. The van der Waals surface area contributed by atoms with Gasteiger partial charge < -0.3 is 9.80 Å². The SMILES string of the molecule is Cc1ccn2c(F)c(C(=O)N3CCC4(CCC(=O)N(C)C4)CC3)nc2c1. The summed E-state index contributed by atoms with van der Waals surface area (Å²) in [6.45, 7) is 3.81. The molecule has 6 nitrogen and oxygen atoms in total. The predicted octanol–water partition coefficient (Wildman–Crippen LogP) is 2.26. The number of carbonyl (C=O) groups excluding carboxylic acids is 2. The molecule has 2 aromatic rings. The maximum Gasteiger partial charge on any atom is 0.277 e. The number of amides is 2. The van der Waals surface area contributed by atoms with Gasteiger partial charge in [-0.15, -0.1) is 0 Å². The molecule has 2 aliphatic heterocycles. The summed E-state index contributed by atoms with van der Waals surface area (Å²) >= 11 is 0. The third kappa shape index (κ3) is 2.75. The first-order chi connectivity index (χ1) is 12.4. The van der Waals surface area contributed by atoms with Crippen LogP contribution in [-0.2, 0) is 4.79 Å². The average Bonchev–Trinajstić information content (AvgIpc) is 2.95. The summed E-state index contributed by atoms with van der Waals surface area (Å²) < 4.78 is 15.9. The summed E-state index contributed by atoms with van der Waals surface area (Å²) in [5, 5.41) is 0. The number of fused-ring (bicyclic) bond motifs is 1. The number of hydrogen-bond donors (Lipinski definition) is 0. The summed E-state index contributed by atoms with van der Waals surface area (Å²) in [4.78, 5) is 32.3. The van der Waals surface area contributed by atoms with Crippen LogP contribution in [0.5, 0.6) is 0 Å². The van der Waals surface area contributed by atoms with E-state index < -0.39 is 5.95 Å². The molecule has 7 heteroatoms. The Hall–Kier alpha value is -2.44. The van der Waals surface area contributed by atoms with Gasteiger partial charge in [0.25, 0.3) is 5.91 Å². The number of pyridine rings is 1. The minimum Gasteiger partial charge on any atom is -0.345 e. The van der Waals surface area contributed by atoms with Crippen molar-refractivity contribution in [1.82, 2.24) is 19.2 Å². The third-order valence-corrected chi connectivity index (χ3v) is 5.90. The maximum atomic E-state index is 14.6. The van der Waals surface area contributed by atoms with Gasteiger partial charge >= 0.3 is 0 Å². The molecule has 4 heterocycles. The van der Waals surface area contributed by atoms with Crippen molar-refractivity contribution in [1.29, 1.82) is 0 Å². The van der Waals surface area contributed by atoms with Crippen LogP contribution in [0.2, 0.25) is 0 Å². The molecule has 0 N–H and O–H groups in total. The Kier molecular flexibility index (Phi) is 3.97. The highest BCUT2D eigenvalue weighted by molar-refractivity contribution is 5.93. The molecular formula is C19H23FN4O2. The van der Waals surface area contributed by atoms with Crippen molar-refractivity contribution in [3.05, 3.63) is 35.5 Å². The molecule has 2 amide bonds. The van der Waals surface area contributed by atoms with Crippen LogP contribution in [0.4, 0.5) is 4.39 Å². The van der Waals surface area contributed by atoms with Crippen molar-refractivity contribution in [3.8, 4) is 0 Å². The van der Waals surface area contributed by atoms with Crippen LogP contribution < -0.4 is 0 Å². The van der Waals surface area contributed by atoms with Crippen molar-refractivity contribution in [3.63, 3.8) is 0 Å². The van der Waals surface area contributed by atoms with E-state index >= 15 is 0 Å². The fraction of sp³-hybridized carbons (Fsp3) is 0.526. The first-order valence-corrected chi connectivity index (χ1v) is 9.06. The van der Waals surface area contributed by atoms with Gasteiger partial charge in [0.1, 0.15) is 5.65 Å². The molecule has 2 fully saturated rings. The highest BCUT2D eigenvalue weighted by Gasteiger charge is 2.41. The first-order valence-electron chi connectivity index (χ1n) is 9.06. The topological polar surface area (TPSA) is 57.9 Å². The van der Waals surface area contributed by atoms with E-state index in [0.29, 0.717) is 25.2 Å². The summed E-state index contributed by atoms with van der Waals surface area (Å²) in [7, 11) is 1.84. The van der Waals surface area contributed by atoms with E-state index in [2.05, 4.69) is 4.98 Å². The Labute approximate surface area is 151 Å². The molecule has 138 valence electrons. The Morgan fingerprint density at radius 2 is 2.00 bits per heavy atom. The van der Waals surface area contributed by atoms with E-state index in [4.69, 9.17) is 0 Å². The maximum absolute atomic E-state index is 14.6.